The minimum Gasteiger partial charge on any atom is -0.304 e. The minimum absolute atomic E-state index is 0.114. The summed E-state index contributed by atoms with van der Waals surface area (Å²) in [5, 5.41) is 3.01. The minimum atomic E-state index is -4.23. The van der Waals surface area contributed by atoms with Gasteiger partial charge in [-0.1, -0.05) is 0 Å². The molecule has 0 bridgehead atoms. The van der Waals surface area contributed by atoms with E-state index in [1.54, 1.807) is 0 Å². The SMILES string of the molecule is O=C(Cl)Nc1cc(CC(F)(F)F)cs1. The molecule has 1 aromatic heterocycles. The van der Waals surface area contributed by atoms with Crippen LogP contribution in [0.3, 0.4) is 0 Å². The van der Waals surface area contributed by atoms with Crippen molar-refractivity contribution in [1.82, 2.24) is 0 Å². The van der Waals surface area contributed by atoms with E-state index in [-0.39, 0.29) is 5.56 Å². The van der Waals surface area contributed by atoms with Crippen molar-refractivity contribution in [3.05, 3.63) is 17.0 Å². The molecule has 0 atom stereocenters. The van der Waals surface area contributed by atoms with Crippen molar-refractivity contribution < 1.29 is 18.0 Å². The van der Waals surface area contributed by atoms with Crippen molar-refractivity contribution in [2.45, 2.75) is 12.6 Å². The Kier molecular flexibility index (Phi) is 3.38. The van der Waals surface area contributed by atoms with Gasteiger partial charge in [0.2, 0.25) is 0 Å². The highest BCUT2D eigenvalue weighted by Gasteiger charge is 2.28. The fraction of sp³-hybridized carbons (Fsp3) is 0.286. The van der Waals surface area contributed by atoms with Crippen molar-refractivity contribution in [3.63, 3.8) is 0 Å². The molecule has 0 aliphatic rings. The van der Waals surface area contributed by atoms with Gasteiger partial charge in [-0.15, -0.1) is 11.3 Å². The molecule has 1 heterocycles. The number of hydrogen-bond acceptors (Lipinski definition) is 2. The maximum Gasteiger partial charge on any atom is 0.393 e. The largest absolute Gasteiger partial charge is 0.393 e. The first-order valence-electron chi connectivity index (χ1n) is 3.47. The van der Waals surface area contributed by atoms with Crippen LogP contribution in [0.25, 0.3) is 0 Å². The molecule has 78 valence electrons. The quantitative estimate of drug-likeness (QED) is 0.624. The van der Waals surface area contributed by atoms with Crippen molar-refractivity contribution in [2.24, 2.45) is 0 Å². The molecule has 14 heavy (non-hydrogen) atoms. The molecule has 0 spiro atoms. The van der Waals surface area contributed by atoms with Crippen LogP contribution < -0.4 is 5.32 Å². The van der Waals surface area contributed by atoms with Crippen LogP contribution in [-0.4, -0.2) is 11.5 Å². The topological polar surface area (TPSA) is 29.1 Å². The smallest absolute Gasteiger partial charge is 0.304 e. The summed E-state index contributed by atoms with van der Waals surface area (Å²) < 4.78 is 35.7. The summed E-state index contributed by atoms with van der Waals surface area (Å²) in [6.45, 7) is 0. The van der Waals surface area contributed by atoms with E-state index >= 15 is 0 Å². The van der Waals surface area contributed by atoms with Gasteiger partial charge in [-0.05, 0) is 28.6 Å². The van der Waals surface area contributed by atoms with Crippen LogP contribution in [-0.2, 0) is 6.42 Å². The van der Waals surface area contributed by atoms with Crippen LogP contribution >= 0.6 is 22.9 Å². The Balaban J connectivity index is 2.64. The normalized spacial score (nSPS) is 11.4. The number of carbonyl (C=O) groups excluding carboxylic acids is 1. The lowest BCUT2D eigenvalue weighted by Gasteiger charge is -2.02. The van der Waals surface area contributed by atoms with Crippen molar-refractivity contribution in [3.8, 4) is 0 Å². The van der Waals surface area contributed by atoms with E-state index in [2.05, 4.69) is 5.32 Å². The van der Waals surface area contributed by atoms with Gasteiger partial charge in [0.25, 0.3) is 0 Å². The van der Waals surface area contributed by atoms with Crippen LogP contribution in [0, 0.1) is 0 Å². The molecule has 0 unspecified atom stereocenters. The summed E-state index contributed by atoms with van der Waals surface area (Å²) in [4.78, 5) is 10.3. The Morgan fingerprint density at radius 1 is 1.57 bits per heavy atom. The first-order chi connectivity index (χ1) is 6.37. The molecule has 0 aliphatic carbocycles. The number of alkyl halides is 3. The molecule has 0 radical (unpaired) electrons. The fourth-order valence-electron chi connectivity index (χ4n) is 0.862. The summed E-state index contributed by atoms with van der Waals surface area (Å²) in [7, 11) is 0. The van der Waals surface area contributed by atoms with Gasteiger partial charge in [-0.2, -0.15) is 13.2 Å². The number of nitrogens with one attached hydrogen (secondary N) is 1. The summed E-state index contributed by atoms with van der Waals surface area (Å²) in [6.07, 6.45) is -5.23. The molecule has 0 aliphatic heterocycles. The van der Waals surface area contributed by atoms with E-state index in [9.17, 15) is 18.0 Å². The predicted octanol–water partition coefficient (Wildman–Crippen LogP) is 3.62. The van der Waals surface area contributed by atoms with Gasteiger partial charge in [-0.25, -0.2) is 0 Å². The first kappa shape index (κ1) is 11.3. The van der Waals surface area contributed by atoms with Crippen LogP contribution in [0.1, 0.15) is 5.56 Å². The molecule has 7 heteroatoms. The molecular weight excluding hydrogens is 239 g/mol. The summed E-state index contributed by atoms with van der Waals surface area (Å²) >= 11 is 5.99. The van der Waals surface area contributed by atoms with Crippen LogP contribution in [0.4, 0.5) is 23.0 Å². The fourth-order valence-corrected chi connectivity index (χ4v) is 1.82. The Morgan fingerprint density at radius 2 is 2.21 bits per heavy atom. The van der Waals surface area contributed by atoms with Gasteiger partial charge in [-0.3, -0.25) is 4.79 Å². The molecule has 0 fully saturated rings. The zero-order valence-corrected chi connectivity index (χ0v) is 8.26. The summed E-state index contributed by atoms with van der Waals surface area (Å²) in [5.74, 6) is 0. The molecule has 1 aromatic rings. The summed E-state index contributed by atoms with van der Waals surface area (Å²) in [6, 6.07) is 1.25. The second kappa shape index (κ2) is 4.18. The number of halogens is 4. The second-order valence-corrected chi connectivity index (χ2v) is 3.76. The number of hydrogen-bond donors (Lipinski definition) is 1. The van der Waals surface area contributed by atoms with Crippen molar-refractivity contribution in [1.29, 1.82) is 0 Å². The van der Waals surface area contributed by atoms with E-state index in [1.165, 1.54) is 11.4 Å². The van der Waals surface area contributed by atoms with Gasteiger partial charge >= 0.3 is 11.5 Å². The van der Waals surface area contributed by atoms with Crippen molar-refractivity contribution >= 4 is 33.3 Å². The van der Waals surface area contributed by atoms with E-state index < -0.39 is 18.0 Å². The Hall–Kier alpha value is -0.750. The van der Waals surface area contributed by atoms with Gasteiger partial charge in [0.1, 0.15) is 0 Å². The third-order valence-electron chi connectivity index (χ3n) is 1.28. The first-order valence-corrected chi connectivity index (χ1v) is 4.73. The maximum absolute atomic E-state index is 11.9. The van der Waals surface area contributed by atoms with E-state index in [0.717, 1.165) is 11.3 Å². The van der Waals surface area contributed by atoms with Gasteiger partial charge in [0, 0.05) is 0 Å². The Morgan fingerprint density at radius 3 is 2.71 bits per heavy atom. The number of thiophene rings is 1. The molecular formula is C7H5ClF3NOS. The third-order valence-corrected chi connectivity index (χ3v) is 2.27. The van der Waals surface area contributed by atoms with Gasteiger partial charge in [0.15, 0.2) is 0 Å². The average molecular weight is 244 g/mol. The van der Waals surface area contributed by atoms with Crippen LogP contribution in [0.15, 0.2) is 11.4 Å². The lowest BCUT2D eigenvalue weighted by molar-refractivity contribution is -0.127. The van der Waals surface area contributed by atoms with E-state index in [4.69, 9.17) is 11.6 Å². The molecule has 0 saturated carbocycles. The third kappa shape index (κ3) is 3.97. The Labute approximate surface area is 86.7 Å². The molecule has 0 saturated heterocycles. The highest BCUT2D eigenvalue weighted by atomic mass is 35.5. The number of anilines is 1. The maximum atomic E-state index is 11.9. The molecule has 0 aromatic carbocycles. The Bertz CT molecular complexity index is 336. The standard InChI is InChI=1S/C7H5ClF3NOS/c8-6(13)12-5-1-4(3-14-5)2-7(9,10)11/h1,3H,2H2,(H,12,13). The lowest BCUT2D eigenvalue weighted by Crippen LogP contribution is -2.10. The van der Waals surface area contributed by atoms with Crippen LogP contribution in [0.2, 0.25) is 0 Å². The predicted molar refractivity (Wildman–Crippen MR) is 48.9 cm³/mol. The van der Waals surface area contributed by atoms with Crippen LogP contribution in [0.5, 0.6) is 0 Å². The molecule has 2 nitrogen and oxygen atoms in total. The van der Waals surface area contributed by atoms with E-state index in [0.29, 0.717) is 5.00 Å². The van der Waals surface area contributed by atoms with Gasteiger partial charge < -0.3 is 5.32 Å². The number of carbonyl (C=O) groups is 1. The average Bonchev–Trinajstić information content (AvgIpc) is 2.30. The zero-order valence-electron chi connectivity index (χ0n) is 6.69. The molecule has 1 rings (SSSR count). The monoisotopic (exact) mass is 243 g/mol. The highest BCUT2D eigenvalue weighted by molar-refractivity contribution is 7.14. The highest BCUT2D eigenvalue weighted by Crippen LogP contribution is 2.27. The number of amides is 1. The second-order valence-electron chi connectivity index (χ2n) is 2.51. The number of rotatable bonds is 2. The van der Waals surface area contributed by atoms with E-state index in [1.807, 2.05) is 0 Å². The molecule has 1 amide bonds. The van der Waals surface area contributed by atoms with Crippen molar-refractivity contribution in [2.75, 3.05) is 5.32 Å². The lowest BCUT2D eigenvalue weighted by atomic mass is 10.2. The summed E-state index contributed by atoms with van der Waals surface area (Å²) in [5.41, 5.74) is 0.114. The molecule has 1 N–H and O–H groups in total. The van der Waals surface area contributed by atoms with Gasteiger partial charge in [0.05, 0.1) is 11.4 Å². The zero-order chi connectivity index (χ0) is 10.8.